The Morgan fingerprint density at radius 2 is 1.73 bits per heavy atom. The smallest absolute Gasteiger partial charge is 0.407 e. The summed E-state index contributed by atoms with van der Waals surface area (Å²) in [6.45, 7) is 6.81. The number of alkyl carbamates (subject to hydrolysis) is 1. The minimum atomic E-state index is -3.92. The molecule has 0 aliphatic rings. The zero-order chi connectivity index (χ0) is 27.1. The molecular weight excluding hydrogens is 558 g/mol. The molecule has 10 heteroatoms. The topological polar surface area (TPSA) is 97.0 Å². The van der Waals surface area contributed by atoms with E-state index in [4.69, 9.17) is 9.47 Å². The SMILES string of the molecule is COc1ccc(Br)cc1S(=O)(=O)Nc1cccc(N(CCNC(=O)OC(C)(C)C)Cc2ccccc2)c1. The second-order valence-electron chi connectivity index (χ2n) is 9.29. The highest BCUT2D eigenvalue weighted by atomic mass is 79.9. The van der Waals surface area contributed by atoms with Crippen molar-refractivity contribution in [3.63, 3.8) is 0 Å². The molecule has 0 aliphatic heterocycles. The van der Waals surface area contributed by atoms with Crippen LogP contribution in [0, 0.1) is 0 Å². The number of methoxy groups -OCH3 is 1. The largest absolute Gasteiger partial charge is 0.495 e. The number of halogens is 1. The van der Waals surface area contributed by atoms with Crippen molar-refractivity contribution in [3.05, 3.63) is 82.8 Å². The Morgan fingerprint density at radius 1 is 1.00 bits per heavy atom. The Labute approximate surface area is 227 Å². The van der Waals surface area contributed by atoms with Gasteiger partial charge in [0.15, 0.2) is 0 Å². The number of ether oxygens (including phenoxy) is 2. The quantitative estimate of drug-likeness (QED) is 0.310. The number of benzene rings is 3. The van der Waals surface area contributed by atoms with E-state index < -0.39 is 21.7 Å². The van der Waals surface area contributed by atoms with E-state index >= 15 is 0 Å². The molecule has 2 N–H and O–H groups in total. The van der Waals surface area contributed by atoms with Crippen molar-refractivity contribution >= 4 is 43.4 Å². The van der Waals surface area contributed by atoms with Gasteiger partial charge in [-0.2, -0.15) is 0 Å². The standard InChI is InChI=1S/C27H32BrN3O5S/c1-27(2,3)36-26(32)29-15-16-31(19-20-9-6-5-7-10-20)23-12-8-11-22(18-23)30-37(33,34)25-17-21(28)13-14-24(25)35-4/h5-14,17-18,30H,15-16,19H2,1-4H3,(H,29,32). The lowest BCUT2D eigenvalue weighted by molar-refractivity contribution is 0.0529. The first-order valence-electron chi connectivity index (χ1n) is 11.7. The van der Waals surface area contributed by atoms with Crippen molar-refractivity contribution in [2.75, 3.05) is 29.8 Å². The van der Waals surface area contributed by atoms with E-state index in [9.17, 15) is 13.2 Å². The maximum Gasteiger partial charge on any atom is 0.407 e. The number of anilines is 2. The van der Waals surface area contributed by atoms with Crippen molar-refractivity contribution in [2.45, 2.75) is 37.8 Å². The van der Waals surface area contributed by atoms with Gasteiger partial charge in [0, 0.05) is 29.8 Å². The fraction of sp³-hybridized carbons (Fsp3) is 0.296. The molecule has 3 aromatic rings. The van der Waals surface area contributed by atoms with Crippen LogP contribution < -0.4 is 19.7 Å². The highest BCUT2D eigenvalue weighted by Crippen LogP contribution is 2.30. The summed E-state index contributed by atoms with van der Waals surface area (Å²) in [5.41, 5.74) is 1.68. The average molecular weight is 591 g/mol. The fourth-order valence-electron chi connectivity index (χ4n) is 3.55. The zero-order valence-corrected chi connectivity index (χ0v) is 23.7. The van der Waals surface area contributed by atoms with Gasteiger partial charge in [-0.15, -0.1) is 0 Å². The molecular formula is C27H32BrN3O5S. The number of nitrogens with one attached hydrogen (secondary N) is 2. The lowest BCUT2D eigenvalue weighted by Crippen LogP contribution is -2.38. The summed E-state index contributed by atoms with van der Waals surface area (Å²) < 4.78 is 40.2. The summed E-state index contributed by atoms with van der Waals surface area (Å²) in [6.07, 6.45) is -0.489. The number of rotatable bonds is 10. The number of carbonyl (C=O) groups is 1. The first-order valence-corrected chi connectivity index (χ1v) is 14.0. The lowest BCUT2D eigenvalue weighted by atomic mass is 10.2. The molecule has 0 atom stereocenters. The highest BCUT2D eigenvalue weighted by molar-refractivity contribution is 9.10. The molecule has 37 heavy (non-hydrogen) atoms. The monoisotopic (exact) mass is 589 g/mol. The van der Waals surface area contributed by atoms with Crippen molar-refractivity contribution in [3.8, 4) is 5.75 Å². The van der Waals surface area contributed by atoms with Crippen LogP contribution in [-0.2, 0) is 21.3 Å². The van der Waals surface area contributed by atoms with Gasteiger partial charge >= 0.3 is 6.09 Å². The molecule has 0 fully saturated rings. The van der Waals surface area contributed by atoms with Crippen molar-refractivity contribution in [2.24, 2.45) is 0 Å². The van der Waals surface area contributed by atoms with E-state index in [1.54, 1.807) is 30.3 Å². The third kappa shape index (κ3) is 8.68. The minimum Gasteiger partial charge on any atom is -0.495 e. The number of hydrogen-bond acceptors (Lipinski definition) is 6. The van der Waals surface area contributed by atoms with Gasteiger partial charge < -0.3 is 19.7 Å². The van der Waals surface area contributed by atoms with Crippen LogP contribution in [0.3, 0.4) is 0 Å². The van der Waals surface area contributed by atoms with E-state index in [0.29, 0.717) is 29.8 Å². The number of amides is 1. The van der Waals surface area contributed by atoms with E-state index in [2.05, 4.69) is 30.9 Å². The fourth-order valence-corrected chi connectivity index (χ4v) is 5.31. The predicted molar refractivity (Wildman–Crippen MR) is 150 cm³/mol. The molecule has 0 aliphatic carbocycles. The second-order valence-corrected chi connectivity index (χ2v) is 11.9. The Hall–Kier alpha value is -3.24. The van der Waals surface area contributed by atoms with Crippen LogP contribution in [0.1, 0.15) is 26.3 Å². The van der Waals surface area contributed by atoms with Crippen LogP contribution >= 0.6 is 15.9 Å². The first kappa shape index (κ1) is 28.3. The summed E-state index contributed by atoms with van der Waals surface area (Å²) in [5.74, 6) is 0.241. The summed E-state index contributed by atoms with van der Waals surface area (Å²) >= 11 is 3.32. The normalized spacial score (nSPS) is 11.5. The number of nitrogens with zero attached hydrogens (tertiary/aromatic N) is 1. The van der Waals surface area contributed by atoms with Crippen LogP contribution in [0.2, 0.25) is 0 Å². The average Bonchev–Trinajstić information content (AvgIpc) is 2.83. The molecule has 3 aromatic carbocycles. The van der Waals surface area contributed by atoms with Gasteiger partial charge in [0.25, 0.3) is 10.0 Å². The summed E-state index contributed by atoms with van der Waals surface area (Å²) in [6, 6.07) is 21.8. The molecule has 0 unspecified atom stereocenters. The van der Waals surface area contributed by atoms with Crippen molar-refractivity contribution in [1.29, 1.82) is 0 Å². The van der Waals surface area contributed by atoms with Crippen LogP contribution in [0.4, 0.5) is 16.2 Å². The first-order chi connectivity index (χ1) is 17.5. The molecule has 198 valence electrons. The Kier molecular flexibility index (Phi) is 9.45. The third-order valence-corrected chi connectivity index (χ3v) is 7.04. The van der Waals surface area contributed by atoms with Gasteiger partial charge in [-0.1, -0.05) is 52.3 Å². The Balaban J connectivity index is 1.82. The molecule has 3 rings (SSSR count). The molecule has 8 nitrogen and oxygen atoms in total. The summed E-state index contributed by atoms with van der Waals surface area (Å²) in [7, 11) is -2.50. The maximum atomic E-state index is 13.2. The molecule has 0 saturated carbocycles. The molecule has 1 amide bonds. The summed E-state index contributed by atoms with van der Waals surface area (Å²) in [5, 5.41) is 2.78. The van der Waals surface area contributed by atoms with Gasteiger partial charge in [0.1, 0.15) is 16.2 Å². The molecule has 0 saturated heterocycles. The second kappa shape index (κ2) is 12.3. The van der Waals surface area contributed by atoms with Crippen LogP contribution in [0.15, 0.2) is 82.2 Å². The van der Waals surface area contributed by atoms with Gasteiger partial charge in [0.05, 0.1) is 12.8 Å². The van der Waals surface area contributed by atoms with Gasteiger partial charge in [0.2, 0.25) is 0 Å². The number of sulfonamides is 1. The Bertz CT molecular complexity index is 1310. The van der Waals surface area contributed by atoms with E-state index in [1.165, 1.54) is 13.2 Å². The minimum absolute atomic E-state index is 0.0254. The third-order valence-electron chi connectivity index (χ3n) is 5.14. The van der Waals surface area contributed by atoms with E-state index in [1.807, 2.05) is 57.2 Å². The molecule has 0 spiro atoms. The number of hydrogen-bond donors (Lipinski definition) is 2. The van der Waals surface area contributed by atoms with Crippen LogP contribution in [0.5, 0.6) is 5.75 Å². The molecule has 0 radical (unpaired) electrons. The van der Waals surface area contributed by atoms with Crippen LogP contribution in [0.25, 0.3) is 0 Å². The van der Waals surface area contributed by atoms with Gasteiger partial charge in [-0.25, -0.2) is 13.2 Å². The van der Waals surface area contributed by atoms with Gasteiger partial charge in [-0.3, -0.25) is 4.72 Å². The van der Waals surface area contributed by atoms with Crippen LogP contribution in [-0.4, -0.2) is 40.3 Å². The highest BCUT2D eigenvalue weighted by Gasteiger charge is 2.21. The van der Waals surface area contributed by atoms with Crippen molar-refractivity contribution < 1.29 is 22.7 Å². The molecule has 0 bridgehead atoms. The van der Waals surface area contributed by atoms with E-state index in [-0.39, 0.29) is 10.6 Å². The molecule has 0 aromatic heterocycles. The lowest BCUT2D eigenvalue weighted by Gasteiger charge is -2.26. The predicted octanol–water partition coefficient (Wildman–Crippen LogP) is 5.79. The zero-order valence-electron chi connectivity index (χ0n) is 21.3. The molecule has 0 heterocycles. The van der Waals surface area contributed by atoms with Gasteiger partial charge in [-0.05, 0) is 62.7 Å². The van der Waals surface area contributed by atoms with Crippen molar-refractivity contribution in [1.82, 2.24) is 5.32 Å². The maximum absolute atomic E-state index is 13.2. The summed E-state index contributed by atoms with van der Waals surface area (Å²) in [4.78, 5) is 14.2. The van der Waals surface area contributed by atoms with E-state index in [0.717, 1.165) is 11.3 Å². The Morgan fingerprint density at radius 3 is 2.41 bits per heavy atom. The number of carbonyl (C=O) groups excluding carboxylic acids is 1.